The van der Waals surface area contributed by atoms with Crippen molar-refractivity contribution in [1.29, 1.82) is 0 Å². The third-order valence-electron chi connectivity index (χ3n) is 5.58. The Morgan fingerprint density at radius 2 is 0.939 bits per heavy atom. The topological polar surface area (TPSA) is 74.6 Å². The fourth-order valence-corrected chi connectivity index (χ4v) is 12.5. The first-order chi connectivity index (χ1) is 15.8. The van der Waals surface area contributed by atoms with Crippen molar-refractivity contribution in [2.24, 2.45) is 0 Å². The monoisotopic (exact) mass is 510 g/mol. The molecule has 0 spiro atoms. The van der Waals surface area contributed by atoms with Gasteiger partial charge in [-0.15, -0.1) is 0 Å². The minimum atomic E-state index is -1.000. The standard InChI is InChI=1S/C14H10O4S2.C12H29P/c15-13(16)9-5-1-3-7-11(9)19-20-12-8-4-2-6-10(12)14(17)18;1-5-9-13(10-6-2,11-7-3)12-8-4/h1-8H,(H,15,16)(H,17,18);13H,5-12H2,1-4H3. The van der Waals surface area contributed by atoms with Gasteiger partial charge in [-0.3, -0.25) is 0 Å². The summed E-state index contributed by atoms with van der Waals surface area (Å²) < 4.78 is 0. The van der Waals surface area contributed by atoms with E-state index < -0.39 is 19.2 Å². The predicted molar refractivity (Wildman–Crippen MR) is 147 cm³/mol. The summed E-state index contributed by atoms with van der Waals surface area (Å²) in [7, 11) is 1.67. The van der Waals surface area contributed by atoms with Crippen LogP contribution in [0, 0.1) is 0 Å². The second-order valence-electron chi connectivity index (χ2n) is 8.27. The molecule has 2 aromatic rings. The summed E-state index contributed by atoms with van der Waals surface area (Å²) in [6, 6.07) is 13.3. The molecule has 0 fully saturated rings. The van der Waals surface area contributed by atoms with Crippen molar-refractivity contribution in [2.45, 2.75) is 63.2 Å². The molecule has 184 valence electrons. The van der Waals surface area contributed by atoms with Crippen LogP contribution >= 0.6 is 28.9 Å². The van der Waals surface area contributed by atoms with Gasteiger partial charge in [-0.2, -0.15) is 0 Å². The smallest absolute Gasteiger partial charge is 0.336 e. The third kappa shape index (κ3) is 10.1. The summed E-state index contributed by atoms with van der Waals surface area (Å²) >= 11 is 0. The molecule has 2 N–H and O–H groups in total. The molecule has 0 unspecified atom stereocenters. The van der Waals surface area contributed by atoms with E-state index in [1.165, 1.54) is 59.4 Å². The number of carbonyl (C=O) groups is 2. The fraction of sp³-hybridized carbons (Fsp3) is 0.462. The zero-order chi connectivity index (χ0) is 24.7. The van der Waals surface area contributed by atoms with Crippen LogP contribution in [-0.4, -0.2) is 46.8 Å². The average molecular weight is 511 g/mol. The normalized spacial score (nSPS) is 11.4. The van der Waals surface area contributed by atoms with E-state index in [1.807, 2.05) is 0 Å². The van der Waals surface area contributed by atoms with Gasteiger partial charge in [-0.25, -0.2) is 9.59 Å². The Bertz CT molecular complexity index is 786. The molecule has 33 heavy (non-hydrogen) atoms. The van der Waals surface area contributed by atoms with Crippen LogP contribution in [0.1, 0.15) is 74.1 Å². The zero-order valence-corrected chi connectivity index (χ0v) is 22.9. The van der Waals surface area contributed by atoms with E-state index in [9.17, 15) is 9.59 Å². The summed E-state index contributed by atoms with van der Waals surface area (Å²) in [4.78, 5) is 23.4. The van der Waals surface area contributed by atoms with Crippen LogP contribution in [0.3, 0.4) is 0 Å². The van der Waals surface area contributed by atoms with E-state index in [2.05, 4.69) is 27.7 Å². The molecule has 0 aromatic heterocycles. The molecule has 2 rings (SSSR count). The molecular weight excluding hydrogens is 471 g/mol. The van der Waals surface area contributed by atoms with Gasteiger partial charge < -0.3 is 10.2 Å². The quantitative estimate of drug-likeness (QED) is 0.209. The van der Waals surface area contributed by atoms with Gasteiger partial charge in [0.1, 0.15) is 0 Å². The first-order valence-electron chi connectivity index (χ1n) is 11.8. The van der Waals surface area contributed by atoms with Crippen LogP contribution in [0.4, 0.5) is 0 Å². The van der Waals surface area contributed by atoms with Crippen LogP contribution in [0.5, 0.6) is 0 Å². The van der Waals surface area contributed by atoms with Gasteiger partial charge in [-0.1, -0.05) is 45.9 Å². The van der Waals surface area contributed by atoms with Gasteiger partial charge in [0.25, 0.3) is 0 Å². The molecule has 0 saturated heterocycles. The van der Waals surface area contributed by atoms with Gasteiger partial charge in [0.05, 0.1) is 11.1 Å². The molecule has 0 radical (unpaired) electrons. The van der Waals surface area contributed by atoms with Crippen LogP contribution in [-0.2, 0) is 0 Å². The Kier molecular flexibility index (Phi) is 14.5. The molecule has 0 aliphatic rings. The van der Waals surface area contributed by atoms with E-state index in [0.717, 1.165) is 0 Å². The Labute approximate surface area is 207 Å². The van der Waals surface area contributed by atoms with Gasteiger partial charge in [0.15, 0.2) is 0 Å². The summed E-state index contributed by atoms with van der Waals surface area (Å²) in [5.41, 5.74) is 0.413. The Morgan fingerprint density at radius 3 is 1.21 bits per heavy atom. The molecule has 0 bridgehead atoms. The van der Waals surface area contributed by atoms with Crippen molar-refractivity contribution in [3.63, 3.8) is 0 Å². The number of carboxylic acids is 2. The largest absolute Gasteiger partial charge is 0.478 e. The van der Waals surface area contributed by atoms with Crippen LogP contribution in [0.15, 0.2) is 58.3 Å². The Balaban J connectivity index is 0.000000366. The van der Waals surface area contributed by atoms with E-state index in [4.69, 9.17) is 10.2 Å². The maximum atomic E-state index is 11.1. The van der Waals surface area contributed by atoms with Gasteiger partial charge in [0, 0.05) is 9.79 Å². The molecule has 7 heteroatoms. The van der Waals surface area contributed by atoms with Gasteiger partial charge in [-0.05, 0) is 24.3 Å². The summed E-state index contributed by atoms with van der Waals surface area (Å²) in [6.07, 6.45) is 12.0. The third-order valence-corrected chi connectivity index (χ3v) is 14.3. The zero-order valence-electron chi connectivity index (χ0n) is 20.3. The Hall–Kier alpha value is -1.49. The maximum absolute atomic E-state index is 11.1. The molecule has 0 aliphatic heterocycles. The molecule has 0 atom stereocenters. The first-order valence-corrected chi connectivity index (χ1v) is 16.8. The number of aromatic carboxylic acids is 2. The van der Waals surface area contributed by atoms with Crippen molar-refractivity contribution < 1.29 is 19.8 Å². The maximum Gasteiger partial charge on any atom is 0.336 e. The van der Waals surface area contributed by atoms with Crippen LogP contribution < -0.4 is 0 Å². The van der Waals surface area contributed by atoms with Gasteiger partial charge >= 0.3 is 97.2 Å². The SMILES string of the molecule is CCC[PH](CCC)(CCC)CCC.O=C(O)c1ccccc1SSc1ccccc1C(=O)O. The first kappa shape index (κ1) is 29.5. The second-order valence-corrected chi connectivity index (χ2v) is 15.5. The van der Waals surface area contributed by atoms with E-state index in [1.54, 1.807) is 61.0 Å². The van der Waals surface area contributed by atoms with Crippen molar-refractivity contribution in [3.8, 4) is 0 Å². The van der Waals surface area contributed by atoms with Crippen molar-refractivity contribution >= 4 is 40.8 Å². The molecular formula is C26H39O4PS2. The number of benzene rings is 2. The van der Waals surface area contributed by atoms with Crippen molar-refractivity contribution in [1.82, 2.24) is 0 Å². The van der Waals surface area contributed by atoms with Crippen LogP contribution in [0.2, 0.25) is 0 Å². The number of carboxylic acid groups (broad SMARTS) is 2. The second kappa shape index (κ2) is 16.2. The van der Waals surface area contributed by atoms with E-state index >= 15 is 0 Å². The summed E-state index contributed by atoms with van der Waals surface area (Å²) in [5.74, 6) is -2.00. The number of rotatable bonds is 13. The predicted octanol–water partition coefficient (Wildman–Crippen LogP) is 8.26. The minimum absolute atomic E-state index is 0.206. The summed E-state index contributed by atoms with van der Waals surface area (Å²) in [5, 5.41) is 18.2. The molecule has 0 saturated carbocycles. The van der Waals surface area contributed by atoms with Crippen molar-refractivity contribution in [3.05, 3.63) is 59.7 Å². The molecule has 0 heterocycles. The molecule has 4 nitrogen and oxygen atoms in total. The average Bonchev–Trinajstić information content (AvgIpc) is 2.79. The Morgan fingerprint density at radius 1 is 0.636 bits per heavy atom. The van der Waals surface area contributed by atoms with Crippen LogP contribution in [0.25, 0.3) is 0 Å². The number of hydrogen-bond acceptors (Lipinski definition) is 4. The molecule has 2 aromatic carbocycles. The summed E-state index contributed by atoms with van der Waals surface area (Å²) in [6.45, 7) is 9.46. The fourth-order valence-electron chi connectivity index (χ4n) is 4.39. The van der Waals surface area contributed by atoms with E-state index in [-0.39, 0.29) is 11.1 Å². The molecule has 0 aliphatic carbocycles. The molecule has 0 amide bonds. The van der Waals surface area contributed by atoms with E-state index in [0.29, 0.717) is 9.79 Å². The van der Waals surface area contributed by atoms with Gasteiger partial charge in [0.2, 0.25) is 0 Å². The minimum Gasteiger partial charge on any atom is -0.478 e. The number of hydrogen-bond donors (Lipinski definition) is 2. The van der Waals surface area contributed by atoms with Crippen molar-refractivity contribution in [2.75, 3.05) is 24.6 Å².